The molecule has 0 spiro atoms. The molecule has 6 nitrogen and oxygen atoms in total. The molecular formula is C46H68O6. The van der Waals surface area contributed by atoms with Crippen LogP contribution in [0.1, 0.15) is 101 Å². The van der Waals surface area contributed by atoms with E-state index in [0.29, 0.717) is 6.42 Å². The van der Waals surface area contributed by atoms with E-state index in [4.69, 9.17) is 9.47 Å². The molecule has 0 aromatic rings. The van der Waals surface area contributed by atoms with Gasteiger partial charge in [-0.2, -0.15) is 0 Å². The van der Waals surface area contributed by atoms with E-state index in [9.17, 15) is 20.4 Å². The van der Waals surface area contributed by atoms with Crippen molar-refractivity contribution in [2.24, 2.45) is 0 Å². The Hall–Kier alpha value is -3.36. The lowest BCUT2D eigenvalue weighted by Gasteiger charge is -2.42. The molecule has 6 heteroatoms. The topological polar surface area (TPSA) is 99.4 Å². The van der Waals surface area contributed by atoms with Crippen LogP contribution in [0, 0.1) is 0 Å². The number of rotatable bonds is 20. The smallest absolute Gasteiger partial charge is 0.187 e. The van der Waals surface area contributed by atoms with Gasteiger partial charge in [0.25, 0.3) is 0 Å². The van der Waals surface area contributed by atoms with E-state index in [0.717, 1.165) is 36.8 Å². The van der Waals surface area contributed by atoms with Crippen molar-refractivity contribution in [3.8, 4) is 0 Å². The second-order valence-corrected chi connectivity index (χ2v) is 14.7. The summed E-state index contributed by atoms with van der Waals surface area (Å²) < 4.78 is 11.5. The normalized spacial score (nSPS) is 23.8. The molecule has 0 amide bonds. The van der Waals surface area contributed by atoms with Crippen molar-refractivity contribution >= 4 is 0 Å². The molecule has 4 N–H and O–H groups in total. The predicted octanol–water partition coefficient (Wildman–Crippen LogP) is 9.96. The summed E-state index contributed by atoms with van der Waals surface area (Å²) in [5.74, 6) is 0. The molecule has 0 saturated carbocycles. The van der Waals surface area contributed by atoms with Crippen LogP contribution in [0.3, 0.4) is 0 Å². The fraction of sp³-hybridized carbons (Fsp3) is 0.478. The minimum Gasteiger partial charge on any atom is -0.394 e. The van der Waals surface area contributed by atoms with E-state index in [1.165, 1.54) is 27.9 Å². The van der Waals surface area contributed by atoms with Crippen LogP contribution in [-0.2, 0) is 9.47 Å². The summed E-state index contributed by atoms with van der Waals surface area (Å²) in [7, 11) is 0. The molecule has 52 heavy (non-hydrogen) atoms. The van der Waals surface area contributed by atoms with Gasteiger partial charge in [0.2, 0.25) is 0 Å². The van der Waals surface area contributed by atoms with E-state index in [2.05, 4.69) is 159 Å². The Labute approximate surface area is 315 Å². The Morgan fingerprint density at radius 3 is 1.50 bits per heavy atom. The zero-order valence-electron chi connectivity index (χ0n) is 33.5. The van der Waals surface area contributed by atoms with Crippen molar-refractivity contribution in [2.45, 2.75) is 138 Å². The van der Waals surface area contributed by atoms with Crippen molar-refractivity contribution in [1.29, 1.82) is 0 Å². The molecule has 0 aliphatic carbocycles. The molecule has 1 aliphatic rings. The number of allylic oxidation sites excluding steroid dienone is 24. The first kappa shape index (κ1) is 46.7. The maximum Gasteiger partial charge on any atom is 0.187 e. The predicted molar refractivity (Wildman–Crippen MR) is 220 cm³/mol. The molecular weight excluding hydrogens is 649 g/mol. The minimum absolute atomic E-state index is 0.480. The minimum atomic E-state index is -1.45. The van der Waals surface area contributed by atoms with Crippen LogP contribution in [0.2, 0.25) is 0 Å². The van der Waals surface area contributed by atoms with Crippen LogP contribution in [0.15, 0.2) is 142 Å². The number of ether oxygens (including phenoxy) is 2. The van der Waals surface area contributed by atoms with Gasteiger partial charge in [0.05, 0.1) is 12.2 Å². The van der Waals surface area contributed by atoms with Gasteiger partial charge in [-0.1, -0.05) is 142 Å². The van der Waals surface area contributed by atoms with E-state index in [1.807, 2.05) is 13.8 Å². The SMILES string of the molecule is CC(C)=CCC/C(C)=C/C=C\C(C)=C\C=C/C(C)=C/C=C\C=C(C)\C=C/C=C(C)/C=C\C=C(\C)CCCC(C)(C)O[C@@H]1O[C@H](CO)[C@@H](O)[C@H](O)[C@H]1O. The number of aliphatic hydroxyl groups excluding tert-OH is 4. The van der Waals surface area contributed by atoms with Crippen molar-refractivity contribution < 1.29 is 29.9 Å². The summed E-state index contributed by atoms with van der Waals surface area (Å²) in [5.41, 5.74) is 8.05. The molecule has 1 aliphatic heterocycles. The van der Waals surface area contributed by atoms with Gasteiger partial charge >= 0.3 is 0 Å². The third-order valence-electron chi connectivity index (χ3n) is 8.47. The standard InChI is InChI=1S/C46H68O6/c1-34(2)19-13-22-37(5)25-16-28-38(6)26-14-23-35(3)20-11-12-21-36(4)24-15-27-39(7)29-17-30-40(8)31-18-32-46(9,10)52-45-44(50)43(49)42(48)41(33-47)51-45/h11-12,14-17,19-21,23-30,41-45,47-50H,13,18,22,31-33H2,1-10H3/b12-11-,23-14-,24-15-,28-16-,29-17-,35-20+,36-21+,37-25+,38-26+,39-27+,40-30-/t41-,42-,43+,44-,45+/m1/s1. The second-order valence-electron chi connectivity index (χ2n) is 14.7. The van der Waals surface area contributed by atoms with E-state index >= 15 is 0 Å². The lowest BCUT2D eigenvalue weighted by Crippen LogP contribution is -2.60. The van der Waals surface area contributed by atoms with Crippen LogP contribution >= 0.6 is 0 Å². The Morgan fingerprint density at radius 1 is 0.596 bits per heavy atom. The second kappa shape index (κ2) is 25.6. The maximum atomic E-state index is 10.3. The van der Waals surface area contributed by atoms with Crippen LogP contribution in [0.4, 0.5) is 0 Å². The van der Waals surface area contributed by atoms with Crippen molar-refractivity contribution in [3.63, 3.8) is 0 Å². The Kier molecular flexibility index (Phi) is 23.0. The molecule has 0 radical (unpaired) electrons. The summed E-state index contributed by atoms with van der Waals surface area (Å²) >= 11 is 0. The maximum absolute atomic E-state index is 10.3. The molecule has 5 atom stereocenters. The average Bonchev–Trinajstić information content (AvgIpc) is 3.06. The van der Waals surface area contributed by atoms with Crippen LogP contribution in [0.5, 0.6) is 0 Å². The summed E-state index contributed by atoms with van der Waals surface area (Å²) in [6.07, 6.45) is 34.1. The molecule has 0 bridgehead atoms. The number of aliphatic hydroxyl groups is 4. The summed E-state index contributed by atoms with van der Waals surface area (Å²) in [4.78, 5) is 0. The van der Waals surface area contributed by atoms with Crippen LogP contribution in [-0.4, -0.2) is 63.3 Å². The third-order valence-corrected chi connectivity index (χ3v) is 8.47. The van der Waals surface area contributed by atoms with Crippen LogP contribution < -0.4 is 0 Å². The molecule has 1 rings (SSSR count). The summed E-state index contributed by atoms with van der Waals surface area (Å²) in [6, 6.07) is 0. The number of hydrogen-bond donors (Lipinski definition) is 4. The van der Waals surface area contributed by atoms with E-state index in [-0.39, 0.29) is 0 Å². The quantitative estimate of drug-likeness (QED) is 0.0740. The van der Waals surface area contributed by atoms with Gasteiger partial charge in [-0.05, 0) is 101 Å². The van der Waals surface area contributed by atoms with Gasteiger partial charge in [0.1, 0.15) is 24.4 Å². The van der Waals surface area contributed by atoms with Gasteiger partial charge in [0.15, 0.2) is 6.29 Å². The van der Waals surface area contributed by atoms with Gasteiger partial charge in [-0.25, -0.2) is 0 Å². The first-order chi connectivity index (χ1) is 24.5. The largest absolute Gasteiger partial charge is 0.394 e. The van der Waals surface area contributed by atoms with Gasteiger partial charge in [0, 0.05) is 0 Å². The third kappa shape index (κ3) is 21.2. The Balaban J connectivity index is 2.51. The monoisotopic (exact) mass is 717 g/mol. The molecule has 1 heterocycles. The van der Waals surface area contributed by atoms with E-state index in [1.54, 1.807) is 0 Å². The zero-order valence-corrected chi connectivity index (χ0v) is 33.5. The summed E-state index contributed by atoms with van der Waals surface area (Å²) in [5, 5.41) is 39.7. The highest BCUT2D eigenvalue weighted by Crippen LogP contribution is 2.28. The molecule has 1 fully saturated rings. The zero-order chi connectivity index (χ0) is 39.1. The molecule has 0 aromatic carbocycles. The highest BCUT2D eigenvalue weighted by molar-refractivity contribution is 5.32. The van der Waals surface area contributed by atoms with Crippen molar-refractivity contribution in [3.05, 3.63) is 142 Å². The molecule has 0 aromatic heterocycles. The fourth-order valence-electron chi connectivity index (χ4n) is 5.15. The van der Waals surface area contributed by atoms with Gasteiger partial charge in [-0.3, -0.25) is 0 Å². The lowest BCUT2D eigenvalue weighted by molar-refractivity contribution is -0.323. The lowest BCUT2D eigenvalue weighted by atomic mass is 9.96. The highest BCUT2D eigenvalue weighted by Gasteiger charge is 2.45. The first-order valence-corrected chi connectivity index (χ1v) is 18.6. The first-order valence-electron chi connectivity index (χ1n) is 18.6. The van der Waals surface area contributed by atoms with Crippen LogP contribution in [0.25, 0.3) is 0 Å². The van der Waals surface area contributed by atoms with Crippen molar-refractivity contribution in [2.75, 3.05) is 6.61 Å². The van der Waals surface area contributed by atoms with Gasteiger partial charge < -0.3 is 29.9 Å². The van der Waals surface area contributed by atoms with Gasteiger partial charge in [-0.15, -0.1) is 0 Å². The Bertz CT molecular complexity index is 1450. The van der Waals surface area contributed by atoms with E-state index < -0.39 is 42.9 Å². The number of hydrogen-bond acceptors (Lipinski definition) is 6. The molecule has 1 saturated heterocycles. The fourth-order valence-corrected chi connectivity index (χ4v) is 5.15. The average molecular weight is 717 g/mol. The van der Waals surface area contributed by atoms with Crippen molar-refractivity contribution in [1.82, 2.24) is 0 Å². The summed E-state index contributed by atoms with van der Waals surface area (Å²) in [6.45, 7) is 20.2. The highest BCUT2D eigenvalue weighted by atomic mass is 16.7. The molecule has 0 unspecified atom stereocenters. The Morgan fingerprint density at radius 2 is 1.04 bits per heavy atom. The molecule has 288 valence electrons.